The van der Waals surface area contributed by atoms with Gasteiger partial charge in [-0.3, -0.25) is 10.3 Å². The van der Waals surface area contributed by atoms with Crippen molar-refractivity contribution in [3.05, 3.63) is 59.7 Å². The summed E-state index contributed by atoms with van der Waals surface area (Å²) in [5, 5.41) is 5.48. The van der Waals surface area contributed by atoms with E-state index in [0.717, 1.165) is 11.1 Å². The number of nitrogens with one attached hydrogen (secondary N) is 2. The third-order valence-corrected chi connectivity index (χ3v) is 3.29. The normalized spacial score (nSPS) is 10.3. The van der Waals surface area contributed by atoms with Gasteiger partial charge in [-0.15, -0.1) is 0 Å². The Kier molecular flexibility index (Phi) is 5.82. The van der Waals surface area contributed by atoms with Gasteiger partial charge in [0.05, 0.1) is 18.5 Å². The number of para-hydroxylation sites is 2. The molecule has 0 fully saturated rings. The quantitative estimate of drug-likeness (QED) is 0.665. The molecule has 0 bridgehead atoms. The van der Waals surface area contributed by atoms with Crippen molar-refractivity contribution in [2.24, 2.45) is 4.99 Å². The lowest BCUT2D eigenvalue weighted by Gasteiger charge is -2.10. The van der Waals surface area contributed by atoms with Crippen LogP contribution in [0.15, 0.2) is 53.5 Å². The van der Waals surface area contributed by atoms with Crippen molar-refractivity contribution in [2.45, 2.75) is 6.92 Å². The smallest absolute Gasteiger partial charge is 0.413 e. The highest BCUT2D eigenvalue weighted by atomic mass is 32.1. The first-order valence-corrected chi connectivity index (χ1v) is 7.35. The SMILES string of the molecule is COC(=O)NC(=S)Nc1ccccc1N=Cc1ccccc1C. The molecule has 0 atom stereocenters. The second kappa shape index (κ2) is 8.05. The zero-order chi connectivity index (χ0) is 16.7. The highest BCUT2D eigenvalue weighted by molar-refractivity contribution is 7.80. The molecule has 0 heterocycles. The molecular weight excluding hydrogens is 310 g/mol. The Labute approximate surface area is 140 Å². The summed E-state index contributed by atoms with van der Waals surface area (Å²) in [5.41, 5.74) is 3.59. The van der Waals surface area contributed by atoms with Gasteiger partial charge >= 0.3 is 6.09 Å². The predicted molar refractivity (Wildman–Crippen MR) is 96.6 cm³/mol. The van der Waals surface area contributed by atoms with Gasteiger partial charge in [0, 0.05) is 6.21 Å². The summed E-state index contributed by atoms with van der Waals surface area (Å²) in [4.78, 5) is 15.7. The summed E-state index contributed by atoms with van der Waals surface area (Å²) in [6, 6.07) is 15.4. The number of hydrogen-bond donors (Lipinski definition) is 2. The summed E-state index contributed by atoms with van der Waals surface area (Å²) in [6.07, 6.45) is 1.18. The molecule has 0 aliphatic heterocycles. The minimum absolute atomic E-state index is 0.149. The van der Waals surface area contributed by atoms with Crippen LogP contribution < -0.4 is 10.6 Å². The summed E-state index contributed by atoms with van der Waals surface area (Å²) < 4.78 is 4.50. The Balaban J connectivity index is 2.16. The number of carbonyl (C=O) groups excluding carboxylic acids is 1. The Bertz CT molecular complexity index is 744. The van der Waals surface area contributed by atoms with E-state index in [4.69, 9.17) is 12.2 Å². The van der Waals surface area contributed by atoms with E-state index in [9.17, 15) is 4.79 Å². The average Bonchev–Trinajstić information content (AvgIpc) is 2.55. The largest absolute Gasteiger partial charge is 0.453 e. The number of ether oxygens (including phenoxy) is 1. The van der Waals surface area contributed by atoms with Crippen molar-refractivity contribution in [2.75, 3.05) is 12.4 Å². The van der Waals surface area contributed by atoms with Gasteiger partial charge in [-0.05, 0) is 42.4 Å². The number of thiocarbonyl (C=S) groups is 1. The number of aryl methyl sites for hydroxylation is 1. The third-order valence-electron chi connectivity index (χ3n) is 3.08. The van der Waals surface area contributed by atoms with Crippen LogP contribution in [-0.4, -0.2) is 24.5 Å². The summed E-state index contributed by atoms with van der Waals surface area (Å²) in [6.45, 7) is 2.03. The zero-order valence-corrected chi connectivity index (χ0v) is 13.7. The van der Waals surface area contributed by atoms with E-state index in [0.29, 0.717) is 11.4 Å². The number of hydrogen-bond acceptors (Lipinski definition) is 4. The number of anilines is 1. The molecule has 0 saturated heterocycles. The minimum atomic E-state index is -0.622. The average molecular weight is 327 g/mol. The molecule has 23 heavy (non-hydrogen) atoms. The fourth-order valence-electron chi connectivity index (χ4n) is 1.86. The van der Waals surface area contributed by atoms with Crippen LogP contribution in [0.25, 0.3) is 0 Å². The van der Waals surface area contributed by atoms with Crippen molar-refractivity contribution in [1.29, 1.82) is 0 Å². The van der Waals surface area contributed by atoms with Crippen LogP contribution >= 0.6 is 12.2 Å². The van der Waals surface area contributed by atoms with E-state index in [2.05, 4.69) is 20.4 Å². The Morgan fingerprint density at radius 1 is 1.17 bits per heavy atom. The molecule has 2 N–H and O–H groups in total. The van der Waals surface area contributed by atoms with Gasteiger partial charge in [-0.1, -0.05) is 36.4 Å². The second-order valence-corrected chi connectivity index (χ2v) is 5.11. The van der Waals surface area contributed by atoms with Crippen LogP contribution in [0.1, 0.15) is 11.1 Å². The maximum absolute atomic E-state index is 11.2. The molecule has 0 radical (unpaired) electrons. The van der Waals surface area contributed by atoms with Crippen LogP contribution in [0.5, 0.6) is 0 Å². The first kappa shape index (κ1) is 16.6. The van der Waals surface area contributed by atoms with Gasteiger partial charge in [0.15, 0.2) is 5.11 Å². The molecule has 0 aliphatic rings. The number of carbonyl (C=O) groups is 1. The van der Waals surface area contributed by atoms with Gasteiger partial charge < -0.3 is 10.1 Å². The zero-order valence-electron chi connectivity index (χ0n) is 12.9. The fourth-order valence-corrected chi connectivity index (χ4v) is 2.05. The van der Waals surface area contributed by atoms with Gasteiger partial charge in [-0.25, -0.2) is 4.79 Å². The van der Waals surface area contributed by atoms with Crippen LogP contribution in [0, 0.1) is 6.92 Å². The maximum atomic E-state index is 11.2. The molecular formula is C17H17N3O2S. The standard InChI is InChI=1S/C17H17N3O2S/c1-12-7-3-4-8-13(12)11-18-14-9-5-6-10-15(14)19-16(23)20-17(21)22-2/h3-11H,1-2H3,(H2,19,20,21,23). The van der Waals surface area contributed by atoms with Gasteiger partial charge in [0.2, 0.25) is 0 Å². The van der Waals surface area contributed by atoms with E-state index in [1.807, 2.05) is 55.5 Å². The van der Waals surface area contributed by atoms with Crippen molar-refractivity contribution >= 4 is 41.0 Å². The van der Waals surface area contributed by atoms with Gasteiger partial charge in [0.1, 0.15) is 0 Å². The Morgan fingerprint density at radius 2 is 1.87 bits per heavy atom. The van der Waals surface area contributed by atoms with Gasteiger partial charge in [-0.2, -0.15) is 0 Å². The number of amides is 1. The van der Waals surface area contributed by atoms with E-state index in [-0.39, 0.29) is 5.11 Å². The number of rotatable bonds is 3. The first-order chi connectivity index (χ1) is 11.1. The number of nitrogens with zero attached hydrogens (tertiary/aromatic N) is 1. The van der Waals surface area contributed by atoms with Crippen molar-refractivity contribution in [1.82, 2.24) is 5.32 Å². The Hall–Kier alpha value is -2.73. The van der Waals surface area contributed by atoms with Crippen LogP contribution in [0.3, 0.4) is 0 Å². The molecule has 2 rings (SSSR count). The van der Waals surface area contributed by atoms with E-state index in [1.165, 1.54) is 7.11 Å². The topological polar surface area (TPSA) is 62.7 Å². The highest BCUT2D eigenvalue weighted by Gasteiger charge is 2.06. The van der Waals surface area contributed by atoms with E-state index >= 15 is 0 Å². The lowest BCUT2D eigenvalue weighted by atomic mass is 10.1. The molecule has 2 aromatic carbocycles. The van der Waals surface area contributed by atoms with E-state index < -0.39 is 6.09 Å². The molecule has 0 saturated carbocycles. The number of alkyl carbamates (subject to hydrolysis) is 1. The third kappa shape index (κ3) is 4.89. The second-order valence-electron chi connectivity index (χ2n) is 4.70. The van der Waals surface area contributed by atoms with Gasteiger partial charge in [0.25, 0.3) is 0 Å². The molecule has 0 unspecified atom stereocenters. The summed E-state index contributed by atoms with van der Waals surface area (Å²) in [7, 11) is 1.28. The monoisotopic (exact) mass is 327 g/mol. The molecule has 118 valence electrons. The summed E-state index contributed by atoms with van der Waals surface area (Å²) >= 11 is 5.06. The molecule has 0 aromatic heterocycles. The Morgan fingerprint density at radius 3 is 2.61 bits per heavy atom. The van der Waals surface area contributed by atoms with Crippen molar-refractivity contribution in [3.8, 4) is 0 Å². The molecule has 5 nitrogen and oxygen atoms in total. The molecule has 6 heteroatoms. The van der Waals surface area contributed by atoms with Crippen LogP contribution in [0.4, 0.5) is 16.2 Å². The molecule has 1 amide bonds. The maximum Gasteiger partial charge on any atom is 0.413 e. The summed E-state index contributed by atoms with van der Waals surface area (Å²) in [5.74, 6) is 0. The fraction of sp³-hybridized carbons (Fsp3) is 0.118. The predicted octanol–water partition coefficient (Wildman–Crippen LogP) is 3.80. The molecule has 0 aliphatic carbocycles. The lowest BCUT2D eigenvalue weighted by molar-refractivity contribution is 0.177. The molecule has 0 spiro atoms. The van der Waals surface area contributed by atoms with E-state index in [1.54, 1.807) is 6.21 Å². The number of benzene rings is 2. The molecule has 2 aromatic rings. The number of methoxy groups -OCH3 is 1. The van der Waals surface area contributed by atoms with Crippen LogP contribution in [-0.2, 0) is 4.74 Å². The highest BCUT2D eigenvalue weighted by Crippen LogP contribution is 2.24. The number of aliphatic imine (C=N–C) groups is 1. The minimum Gasteiger partial charge on any atom is -0.453 e. The lowest BCUT2D eigenvalue weighted by Crippen LogP contribution is -2.33. The van der Waals surface area contributed by atoms with Crippen molar-refractivity contribution in [3.63, 3.8) is 0 Å². The van der Waals surface area contributed by atoms with Crippen molar-refractivity contribution < 1.29 is 9.53 Å². The van der Waals surface area contributed by atoms with Crippen LogP contribution in [0.2, 0.25) is 0 Å². The first-order valence-electron chi connectivity index (χ1n) is 6.95.